The van der Waals surface area contributed by atoms with Crippen molar-refractivity contribution in [3.8, 4) is 28.7 Å². The van der Waals surface area contributed by atoms with Crippen LogP contribution < -0.4 is 29.6 Å². The predicted octanol–water partition coefficient (Wildman–Crippen LogP) is 1.86. The number of rotatable bonds is 3. The summed E-state index contributed by atoms with van der Waals surface area (Å²) < 4.78 is 29.7. The van der Waals surface area contributed by atoms with Gasteiger partial charge in [0.2, 0.25) is 12.7 Å². The van der Waals surface area contributed by atoms with Gasteiger partial charge in [0.05, 0.1) is 25.2 Å². The Morgan fingerprint density at radius 2 is 1.81 bits per heavy atom. The third-order valence-corrected chi connectivity index (χ3v) is 11.5. The van der Waals surface area contributed by atoms with E-state index in [4.69, 9.17) is 23.7 Å². The van der Waals surface area contributed by atoms with Crippen molar-refractivity contribution in [3.63, 3.8) is 0 Å². The van der Waals surface area contributed by atoms with Crippen LogP contribution in [0, 0.1) is 13.8 Å². The van der Waals surface area contributed by atoms with Gasteiger partial charge in [-0.05, 0) is 44.4 Å². The van der Waals surface area contributed by atoms with E-state index in [1.54, 1.807) is 6.92 Å². The monoisotopic (exact) mass is 664 g/mol. The summed E-state index contributed by atoms with van der Waals surface area (Å²) in [5, 5.41) is 31.0. The lowest BCUT2D eigenvalue weighted by molar-refractivity contribution is -0.289. The van der Waals surface area contributed by atoms with Gasteiger partial charge in [-0.3, -0.25) is 19.8 Å². The molecule has 8 rings (SSSR count). The molecule has 256 valence electrons. The number of benzene rings is 2. The minimum absolute atomic E-state index is 0.00150. The molecule has 0 radical (unpaired) electrons. The van der Waals surface area contributed by atoms with E-state index in [9.17, 15) is 24.6 Å². The molecule has 1 amide bonds. The minimum atomic E-state index is -1.28. The fourth-order valence-corrected chi connectivity index (χ4v) is 9.81. The Labute approximate surface area is 277 Å². The first kappa shape index (κ1) is 31.2. The van der Waals surface area contributed by atoms with E-state index in [0.717, 1.165) is 11.1 Å². The molecule has 14 heteroatoms. The number of amides is 1. The Balaban J connectivity index is 1.47. The minimum Gasteiger partial charge on any atom is -0.504 e. The Bertz CT molecular complexity index is 1810. The highest BCUT2D eigenvalue weighted by Gasteiger charge is 2.75. The van der Waals surface area contributed by atoms with Crippen molar-refractivity contribution >= 4 is 17.8 Å². The zero-order valence-corrected chi connectivity index (χ0v) is 27.9. The first-order valence-corrected chi connectivity index (χ1v) is 16.3. The predicted molar refractivity (Wildman–Crippen MR) is 167 cm³/mol. The van der Waals surface area contributed by atoms with Crippen molar-refractivity contribution in [3.05, 3.63) is 39.4 Å². The number of hydrogen-bond acceptors (Lipinski definition) is 13. The molecule has 0 aromatic heterocycles. The third kappa shape index (κ3) is 3.68. The number of aryl methyl sites for hydroxylation is 1. The number of carbonyl (C=O) groups is 3. The molecular formula is C34H40N4O10. The van der Waals surface area contributed by atoms with E-state index >= 15 is 0 Å². The molecule has 0 aliphatic carbocycles. The molecule has 6 aliphatic heterocycles. The number of nitrogens with zero attached hydrogens (tertiary/aromatic N) is 2. The average Bonchev–Trinajstić information content (AvgIpc) is 3.59. The lowest BCUT2D eigenvalue weighted by Crippen LogP contribution is -2.83. The molecule has 6 aliphatic rings. The first-order valence-electron chi connectivity index (χ1n) is 16.3. The number of ether oxygens (including phenoxy) is 5. The molecule has 2 aromatic carbocycles. The van der Waals surface area contributed by atoms with Crippen LogP contribution in [-0.2, 0) is 24.7 Å². The van der Waals surface area contributed by atoms with Gasteiger partial charge in [-0.2, -0.15) is 0 Å². The Hall–Kier alpha value is -4.11. The van der Waals surface area contributed by atoms with Gasteiger partial charge in [-0.1, -0.05) is 6.92 Å². The molecule has 2 bridgehead atoms. The number of aliphatic hydroxyl groups excluding tert-OH is 1. The van der Waals surface area contributed by atoms with Crippen LogP contribution in [0.4, 0.5) is 0 Å². The molecule has 2 aromatic rings. The molecule has 8 atom stereocenters. The van der Waals surface area contributed by atoms with Crippen LogP contribution in [0.1, 0.15) is 85.5 Å². The summed E-state index contributed by atoms with van der Waals surface area (Å²) in [7, 11) is 1.52. The van der Waals surface area contributed by atoms with Gasteiger partial charge in [0.15, 0.2) is 23.0 Å². The second-order valence-corrected chi connectivity index (χ2v) is 14.0. The quantitative estimate of drug-likeness (QED) is 0.278. The number of cyclic esters (lactones) is 1. The van der Waals surface area contributed by atoms with Crippen LogP contribution in [0.5, 0.6) is 28.7 Å². The van der Waals surface area contributed by atoms with E-state index in [1.165, 1.54) is 21.0 Å². The standard InChI is InChI=1S/C34H40N4O10/c1-13-8-18-23(25(41)26(13)44-7)30-34-15(3)22-24(29-28(46-12-47-29)14(2)27(22)48-17(5)40)21(11-45-32(43)19(10-35-34)36-16(4)39)38(34)31(42)20-9-33(18,6)37(20)30/h8,15,19-21,30-31,35,41-42H,9-12H2,1-7H3,(H,36,39)/t15-,19+,20+,21+,30-,31+,33-,34+/m1/s1. The van der Waals surface area contributed by atoms with E-state index in [0.29, 0.717) is 51.7 Å². The largest absolute Gasteiger partial charge is 0.504 e. The summed E-state index contributed by atoms with van der Waals surface area (Å²) in [6.07, 6.45) is -0.475. The number of carbonyl (C=O) groups excluding carboxylic acids is 3. The molecule has 3 fully saturated rings. The highest BCUT2D eigenvalue weighted by atomic mass is 16.7. The zero-order chi connectivity index (χ0) is 34.2. The lowest BCUT2D eigenvalue weighted by atomic mass is 9.66. The number of piperazine rings is 1. The second-order valence-electron chi connectivity index (χ2n) is 14.0. The fraction of sp³-hybridized carbons (Fsp3) is 0.559. The average molecular weight is 665 g/mol. The highest BCUT2D eigenvalue weighted by molar-refractivity contribution is 5.83. The summed E-state index contributed by atoms with van der Waals surface area (Å²) in [6, 6.07) is -0.801. The van der Waals surface area contributed by atoms with Gasteiger partial charge in [-0.25, -0.2) is 9.69 Å². The van der Waals surface area contributed by atoms with Gasteiger partial charge in [0, 0.05) is 54.1 Å². The van der Waals surface area contributed by atoms with Gasteiger partial charge in [-0.15, -0.1) is 0 Å². The molecule has 6 heterocycles. The van der Waals surface area contributed by atoms with E-state index in [1.807, 2.05) is 24.8 Å². The summed E-state index contributed by atoms with van der Waals surface area (Å²) >= 11 is 0. The maximum absolute atomic E-state index is 13.6. The van der Waals surface area contributed by atoms with Crippen molar-refractivity contribution in [2.45, 2.75) is 95.5 Å². The molecule has 0 saturated carbocycles. The van der Waals surface area contributed by atoms with E-state index in [2.05, 4.69) is 22.5 Å². The number of aromatic hydroxyl groups is 1. The van der Waals surface area contributed by atoms with Crippen molar-refractivity contribution in [2.24, 2.45) is 0 Å². The van der Waals surface area contributed by atoms with Crippen LogP contribution in [0.3, 0.4) is 0 Å². The number of phenolic OH excluding ortho intramolecular Hbond substituents is 1. The highest BCUT2D eigenvalue weighted by Crippen LogP contribution is 2.71. The Kier molecular flexibility index (Phi) is 6.63. The summed E-state index contributed by atoms with van der Waals surface area (Å²) in [5.74, 6) is -0.694. The van der Waals surface area contributed by atoms with Gasteiger partial charge < -0.3 is 39.2 Å². The van der Waals surface area contributed by atoms with Crippen LogP contribution in [0.25, 0.3) is 0 Å². The molecule has 4 N–H and O–H groups in total. The van der Waals surface area contributed by atoms with Gasteiger partial charge in [0.25, 0.3) is 0 Å². The fourth-order valence-electron chi connectivity index (χ4n) is 9.81. The lowest BCUT2D eigenvalue weighted by Gasteiger charge is -2.71. The number of aliphatic hydroxyl groups is 1. The van der Waals surface area contributed by atoms with E-state index in [-0.39, 0.29) is 31.7 Å². The number of phenols is 1. The molecule has 0 spiro atoms. The van der Waals surface area contributed by atoms with Crippen LogP contribution in [-0.4, -0.2) is 88.9 Å². The van der Waals surface area contributed by atoms with E-state index < -0.39 is 59.3 Å². The third-order valence-electron chi connectivity index (χ3n) is 11.5. The normalized spacial score (nSPS) is 34.2. The van der Waals surface area contributed by atoms with Crippen LogP contribution >= 0.6 is 0 Å². The van der Waals surface area contributed by atoms with Crippen molar-refractivity contribution in [2.75, 3.05) is 27.1 Å². The van der Waals surface area contributed by atoms with Gasteiger partial charge in [0.1, 0.15) is 30.3 Å². The number of fused-ring (bicyclic) bond motifs is 7. The number of hydrogen-bond donors (Lipinski definition) is 4. The van der Waals surface area contributed by atoms with Crippen LogP contribution in [0.15, 0.2) is 6.07 Å². The summed E-state index contributed by atoms with van der Waals surface area (Å²) in [6.45, 7) is 10.1. The smallest absolute Gasteiger partial charge is 0.330 e. The van der Waals surface area contributed by atoms with Crippen molar-refractivity contribution in [1.29, 1.82) is 0 Å². The molecule has 3 saturated heterocycles. The Morgan fingerprint density at radius 3 is 2.50 bits per heavy atom. The second kappa shape index (κ2) is 10.2. The summed E-state index contributed by atoms with van der Waals surface area (Å²) in [5.41, 5.74) is 2.32. The maximum atomic E-state index is 13.6. The molecule has 14 nitrogen and oxygen atoms in total. The summed E-state index contributed by atoms with van der Waals surface area (Å²) in [4.78, 5) is 42.8. The van der Waals surface area contributed by atoms with Crippen molar-refractivity contribution < 1.29 is 48.3 Å². The Morgan fingerprint density at radius 1 is 1.08 bits per heavy atom. The van der Waals surface area contributed by atoms with Crippen LogP contribution in [0.2, 0.25) is 0 Å². The topological polar surface area (TPSA) is 168 Å². The zero-order valence-electron chi connectivity index (χ0n) is 27.9. The first-order chi connectivity index (χ1) is 22.8. The SMILES string of the molecule is COc1c(C)cc2c(c1O)[C@H]1N3[C@@H](C[C@]23C)[C@H](O)N2[C@H]3COC(=O)[C@@H](NC(C)=O)CN[C@]12[C@H](C)c1c(OC(C)=O)c(C)c2c(c13)OCO2. The van der Waals surface area contributed by atoms with Crippen molar-refractivity contribution in [1.82, 2.24) is 20.4 Å². The maximum Gasteiger partial charge on any atom is 0.330 e. The molecule has 48 heavy (non-hydrogen) atoms. The number of methoxy groups -OCH3 is 1. The number of esters is 2. The molecular weight excluding hydrogens is 624 g/mol. The number of nitrogens with one attached hydrogen (secondary N) is 2. The van der Waals surface area contributed by atoms with Gasteiger partial charge >= 0.3 is 11.9 Å². The molecule has 0 unspecified atom stereocenters.